The third-order valence-corrected chi connectivity index (χ3v) is 4.87. The topological polar surface area (TPSA) is 76.3 Å². The molecule has 2 N–H and O–H groups in total. The van der Waals surface area contributed by atoms with Crippen molar-refractivity contribution < 1.29 is 8.42 Å². The van der Waals surface area contributed by atoms with E-state index in [2.05, 4.69) is 4.98 Å². The van der Waals surface area contributed by atoms with Crippen molar-refractivity contribution in [2.75, 3.05) is 17.1 Å². The van der Waals surface area contributed by atoms with Crippen molar-refractivity contribution in [3.05, 3.63) is 47.7 Å². The molecule has 20 heavy (non-hydrogen) atoms. The summed E-state index contributed by atoms with van der Waals surface area (Å²) in [6.07, 6.45) is 1.54. The minimum Gasteiger partial charge on any atom is -0.383 e. The Morgan fingerprint density at radius 2 is 1.70 bits per heavy atom. The van der Waals surface area contributed by atoms with Crippen LogP contribution >= 0.6 is 0 Å². The number of nitrogens with zero attached hydrogens (tertiary/aromatic N) is 2. The number of anilines is 2. The van der Waals surface area contributed by atoms with Crippen LogP contribution in [0.5, 0.6) is 0 Å². The van der Waals surface area contributed by atoms with E-state index in [1.165, 1.54) is 17.4 Å². The van der Waals surface area contributed by atoms with Crippen LogP contribution in [0.4, 0.5) is 11.5 Å². The molecule has 2 aromatic rings. The van der Waals surface area contributed by atoms with Gasteiger partial charge in [0.2, 0.25) is 0 Å². The van der Waals surface area contributed by atoms with Crippen LogP contribution in [0, 0.1) is 13.8 Å². The number of rotatable bonds is 3. The zero-order chi connectivity index (χ0) is 14.9. The van der Waals surface area contributed by atoms with Crippen LogP contribution in [-0.4, -0.2) is 20.4 Å². The summed E-state index contributed by atoms with van der Waals surface area (Å²) in [7, 11) is -2.21. The molecule has 0 amide bonds. The van der Waals surface area contributed by atoms with E-state index in [4.69, 9.17) is 5.73 Å². The Balaban J connectivity index is 2.49. The van der Waals surface area contributed by atoms with Gasteiger partial charge in [-0.05, 0) is 37.6 Å². The van der Waals surface area contributed by atoms with Crippen LogP contribution in [0.3, 0.4) is 0 Å². The minimum absolute atomic E-state index is 0.00885. The number of pyridine rings is 1. The zero-order valence-electron chi connectivity index (χ0n) is 11.7. The first-order chi connectivity index (χ1) is 9.32. The van der Waals surface area contributed by atoms with Crippen molar-refractivity contribution in [2.24, 2.45) is 0 Å². The number of hydrogen-bond acceptors (Lipinski definition) is 4. The summed E-state index contributed by atoms with van der Waals surface area (Å²) < 4.78 is 26.4. The lowest BCUT2D eigenvalue weighted by molar-refractivity contribution is 0.594. The van der Waals surface area contributed by atoms with Gasteiger partial charge in [0, 0.05) is 13.2 Å². The minimum atomic E-state index is -3.71. The Morgan fingerprint density at radius 1 is 1.10 bits per heavy atom. The lowest BCUT2D eigenvalue weighted by atomic mass is 10.2. The average Bonchev–Trinajstić information content (AvgIpc) is 2.41. The van der Waals surface area contributed by atoms with E-state index >= 15 is 0 Å². The molecular formula is C14H17N3O2S. The number of nitrogens with two attached hydrogens (primary N) is 1. The van der Waals surface area contributed by atoms with Crippen LogP contribution in [0.1, 0.15) is 11.1 Å². The SMILES string of the molecule is Cc1ccc(N(C)S(=O)(=O)c2cc(C)cnc2N)cc1. The van der Waals surface area contributed by atoms with Gasteiger partial charge < -0.3 is 5.73 Å². The van der Waals surface area contributed by atoms with Gasteiger partial charge in [-0.1, -0.05) is 17.7 Å². The molecule has 0 spiro atoms. The van der Waals surface area contributed by atoms with Crippen LogP contribution < -0.4 is 10.0 Å². The number of benzene rings is 1. The molecule has 5 nitrogen and oxygen atoms in total. The second-order valence-corrected chi connectivity index (χ2v) is 6.64. The quantitative estimate of drug-likeness (QED) is 0.939. The van der Waals surface area contributed by atoms with Gasteiger partial charge >= 0.3 is 0 Å². The van der Waals surface area contributed by atoms with Crippen molar-refractivity contribution >= 4 is 21.5 Å². The molecule has 0 saturated carbocycles. The predicted molar refractivity (Wildman–Crippen MR) is 80.2 cm³/mol. The van der Waals surface area contributed by atoms with Crippen molar-refractivity contribution in [3.63, 3.8) is 0 Å². The standard InChI is InChI=1S/C14H17N3O2S/c1-10-4-6-12(7-5-10)17(3)20(18,19)13-8-11(2)9-16-14(13)15/h4-9H,1-3H3,(H2,15,16). The maximum atomic E-state index is 12.6. The second-order valence-electron chi connectivity index (χ2n) is 4.70. The molecule has 6 heteroatoms. The van der Waals surface area contributed by atoms with Crippen molar-refractivity contribution in [3.8, 4) is 0 Å². The highest BCUT2D eigenvalue weighted by Crippen LogP contribution is 2.25. The van der Waals surface area contributed by atoms with E-state index in [0.29, 0.717) is 5.69 Å². The fourth-order valence-electron chi connectivity index (χ4n) is 1.80. The normalized spacial score (nSPS) is 11.3. The maximum absolute atomic E-state index is 12.6. The van der Waals surface area contributed by atoms with Gasteiger partial charge in [0.25, 0.3) is 10.0 Å². The molecule has 1 aromatic carbocycles. The first-order valence-corrected chi connectivity index (χ1v) is 7.54. The number of nitrogen functional groups attached to an aromatic ring is 1. The third-order valence-electron chi connectivity index (χ3n) is 3.05. The molecule has 1 heterocycles. The molecule has 0 unspecified atom stereocenters. The number of aryl methyl sites for hydroxylation is 2. The molecular weight excluding hydrogens is 274 g/mol. The molecule has 0 aliphatic rings. The summed E-state index contributed by atoms with van der Waals surface area (Å²) >= 11 is 0. The largest absolute Gasteiger partial charge is 0.383 e. The van der Waals surface area contributed by atoms with Gasteiger partial charge in [0.1, 0.15) is 10.7 Å². The molecule has 0 aliphatic heterocycles. The van der Waals surface area contributed by atoms with E-state index in [1.54, 1.807) is 25.3 Å². The molecule has 106 valence electrons. The zero-order valence-corrected chi connectivity index (χ0v) is 12.5. The van der Waals surface area contributed by atoms with Gasteiger partial charge in [0.05, 0.1) is 5.69 Å². The molecule has 0 bridgehead atoms. The molecule has 0 saturated heterocycles. The highest BCUT2D eigenvalue weighted by molar-refractivity contribution is 7.93. The summed E-state index contributed by atoms with van der Waals surface area (Å²) in [6.45, 7) is 3.72. The van der Waals surface area contributed by atoms with Crippen LogP contribution in [0.2, 0.25) is 0 Å². The molecule has 2 rings (SSSR count). The molecule has 0 aliphatic carbocycles. The van der Waals surface area contributed by atoms with Crippen LogP contribution in [-0.2, 0) is 10.0 Å². The highest BCUT2D eigenvalue weighted by atomic mass is 32.2. The molecule has 0 atom stereocenters. The Bertz CT molecular complexity index is 725. The predicted octanol–water partition coefficient (Wildman–Crippen LogP) is 2.11. The maximum Gasteiger partial charge on any atom is 0.267 e. The van der Waals surface area contributed by atoms with E-state index < -0.39 is 10.0 Å². The number of aromatic nitrogens is 1. The lowest BCUT2D eigenvalue weighted by Crippen LogP contribution is -2.27. The van der Waals surface area contributed by atoms with Gasteiger partial charge in [0.15, 0.2) is 0 Å². The van der Waals surface area contributed by atoms with Crippen LogP contribution in [0.15, 0.2) is 41.4 Å². The molecule has 1 aromatic heterocycles. The van der Waals surface area contributed by atoms with Gasteiger partial charge in [-0.2, -0.15) is 0 Å². The van der Waals surface area contributed by atoms with Gasteiger partial charge in [-0.3, -0.25) is 4.31 Å². The van der Waals surface area contributed by atoms with E-state index in [-0.39, 0.29) is 10.7 Å². The second kappa shape index (κ2) is 5.13. The summed E-state index contributed by atoms with van der Waals surface area (Å²) in [6, 6.07) is 8.76. The van der Waals surface area contributed by atoms with Gasteiger partial charge in [-0.15, -0.1) is 0 Å². The number of sulfonamides is 1. The first kappa shape index (κ1) is 14.3. The highest BCUT2D eigenvalue weighted by Gasteiger charge is 2.24. The first-order valence-electron chi connectivity index (χ1n) is 6.10. The van der Waals surface area contributed by atoms with Crippen molar-refractivity contribution in [2.45, 2.75) is 18.7 Å². The van der Waals surface area contributed by atoms with Gasteiger partial charge in [-0.25, -0.2) is 13.4 Å². The summed E-state index contributed by atoms with van der Waals surface area (Å²) in [5.74, 6) is 0.00885. The van der Waals surface area contributed by atoms with E-state index in [1.807, 2.05) is 19.1 Å². The molecule has 0 radical (unpaired) electrons. The van der Waals surface area contributed by atoms with Crippen LogP contribution in [0.25, 0.3) is 0 Å². The van der Waals surface area contributed by atoms with E-state index in [0.717, 1.165) is 11.1 Å². The lowest BCUT2D eigenvalue weighted by Gasteiger charge is -2.20. The Morgan fingerprint density at radius 3 is 2.30 bits per heavy atom. The average molecular weight is 291 g/mol. The Labute approximate surface area is 119 Å². The van der Waals surface area contributed by atoms with E-state index in [9.17, 15) is 8.42 Å². The van der Waals surface area contributed by atoms with Crippen molar-refractivity contribution in [1.82, 2.24) is 4.98 Å². The summed E-state index contributed by atoms with van der Waals surface area (Å²) in [4.78, 5) is 3.94. The molecule has 0 fully saturated rings. The summed E-state index contributed by atoms with van der Waals surface area (Å²) in [5, 5.41) is 0. The smallest absolute Gasteiger partial charge is 0.267 e. The number of hydrogen-bond donors (Lipinski definition) is 1. The Hall–Kier alpha value is -2.08. The fourth-order valence-corrected chi connectivity index (χ4v) is 3.15. The monoisotopic (exact) mass is 291 g/mol. The Kier molecular flexibility index (Phi) is 3.67. The third kappa shape index (κ3) is 2.60. The fraction of sp³-hybridized carbons (Fsp3) is 0.214. The summed E-state index contributed by atoms with van der Waals surface area (Å²) in [5.41, 5.74) is 8.09. The van der Waals surface area contributed by atoms with Crippen molar-refractivity contribution in [1.29, 1.82) is 0 Å².